The standard InChI is InChI=1S/C17H20N2O/c1-13(14-7-3-2-4-8-14)19-17(20)11-15-9-5-6-10-16(15)12-18/h2-10,13H,11-12,18H2,1H3,(H,19,20)/t13-/m1/s1. The first-order valence-corrected chi connectivity index (χ1v) is 6.82. The zero-order valence-electron chi connectivity index (χ0n) is 11.7. The predicted molar refractivity (Wildman–Crippen MR) is 81.0 cm³/mol. The van der Waals surface area contributed by atoms with Gasteiger partial charge < -0.3 is 11.1 Å². The molecule has 0 unspecified atom stereocenters. The van der Waals surface area contributed by atoms with Crippen molar-refractivity contribution in [3.05, 3.63) is 71.3 Å². The van der Waals surface area contributed by atoms with Crippen molar-refractivity contribution < 1.29 is 4.79 Å². The normalized spacial score (nSPS) is 11.9. The summed E-state index contributed by atoms with van der Waals surface area (Å²) in [5, 5.41) is 3.02. The van der Waals surface area contributed by atoms with Crippen molar-refractivity contribution in [2.45, 2.75) is 25.9 Å². The number of nitrogens with two attached hydrogens (primary N) is 1. The van der Waals surface area contributed by atoms with Gasteiger partial charge in [0, 0.05) is 6.54 Å². The van der Waals surface area contributed by atoms with E-state index in [-0.39, 0.29) is 11.9 Å². The molecular formula is C17H20N2O. The summed E-state index contributed by atoms with van der Waals surface area (Å²) in [6.07, 6.45) is 0.366. The van der Waals surface area contributed by atoms with Crippen molar-refractivity contribution in [3.8, 4) is 0 Å². The molecule has 0 fully saturated rings. The van der Waals surface area contributed by atoms with Crippen molar-refractivity contribution in [2.24, 2.45) is 5.73 Å². The van der Waals surface area contributed by atoms with Gasteiger partial charge in [0.05, 0.1) is 12.5 Å². The molecule has 0 aliphatic rings. The summed E-state index contributed by atoms with van der Waals surface area (Å²) in [4.78, 5) is 12.1. The highest BCUT2D eigenvalue weighted by molar-refractivity contribution is 5.79. The third-order valence-corrected chi connectivity index (χ3v) is 3.37. The molecule has 0 saturated carbocycles. The average molecular weight is 268 g/mol. The van der Waals surface area contributed by atoms with Crippen LogP contribution < -0.4 is 11.1 Å². The Labute approximate surface area is 119 Å². The van der Waals surface area contributed by atoms with E-state index in [2.05, 4.69) is 5.32 Å². The number of amides is 1. The summed E-state index contributed by atoms with van der Waals surface area (Å²) in [5.41, 5.74) is 8.81. The van der Waals surface area contributed by atoms with Gasteiger partial charge in [0.2, 0.25) is 5.91 Å². The van der Waals surface area contributed by atoms with Gasteiger partial charge in [-0.1, -0.05) is 54.6 Å². The van der Waals surface area contributed by atoms with Crippen molar-refractivity contribution >= 4 is 5.91 Å². The molecule has 2 rings (SSSR count). The van der Waals surface area contributed by atoms with Gasteiger partial charge in [0.1, 0.15) is 0 Å². The maximum Gasteiger partial charge on any atom is 0.224 e. The zero-order chi connectivity index (χ0) is 14.4. The van der Waals surface area contributed by atoms with Crippen molar-refractivity contribution in [2.75, 3.05) is 0 Å². The van der Waals surface area contributed by atoms with Gasteiger partial charge in [-0.05, 0) is 23.6 Å². The zero-order valence-corrected chi connectivity index (χ0v) is 11.7. The fourth-order valence-corrected chi connectivity index (χ4v) is 2.22. The molecule has 0 aliphatic heterocycles. The van der Waals surface area contributed by atoms with E-state index in [0.29, 0.717) is 13.0 Å². The molecule has 2 aromatic carbocycles. The minimum absolute atomic E-state index is 0.00809. The summed E-state index contributed by atoms with van der Waals surface area (Å²) in [6.45, 7) is 2.44. The van der Waals surface area contributed by atoms with Crippen LogP contribution in [0.5, 0.6) is 0 Å². The van der Waals surface area contributed by atoms with Crippen LogP contribution >= 0.6 is 0 Å². The second-order valence-corrected chi connectivity index (χ2v) is 4.85. The van der Waals surface area contributed by atoms with Gasteiger partial charge in [0.25, 0.3) is 0 Å². The van der Waals surface area contributed by atoms with Crippen LogP contribution in [0.1, 0.15) is 29.7 Å². The van der Waals surface area contributed by atoms with E-state index in [9.17, 15) is 4.79 Å². The summed E-state index contributed by atoms with van der Waals surface area (Å²) in [5.74, 6) is 0.0160. The monoisotopic (exact) mass is 268 g/mol. The lowest BCUT2D eigenvalue weighted by atomic mass is 10.0. The lowest BCUT2D eigenvalue weighted by molar-refractivity contribution is -0.121. The highest BCUT2D eigenvalue weighted by atomic mass is 16.1. The number of carbonyl (C=O) groups is 1. The first-order valence-electron chi connectivity index (χ1n) is 6.82. The van der Waals surface area contributed by atoms with Crippen LogP contribution in [0.25, 0.3) is 0 Å². The van der Waals surface area contributed by atoms with Crippen LogP contribution in [-0.2, 0) is 17.8 Å². The largest absolute Gasteiger partial charge is 0.349 e. The molecule has 0 heterocycles. The molecule has 104 valence electrons. The molecule has 0 bridgehead atoms. The molecule has 0 spiro atoms. The lowest BCUT2D eigenvalue weighted by Gasteiger charge is -2.15. The molecule has 0 radical (unpaired) electrons. The Morgan fingerprint density at radius 1 is 1.05 bits per heavy atom. The van der Waals surface area contributed by atoms with E-state index in [1.165, 1.54) is 0 Å². The molecule has 1 amide bonds. The van der Waals surface area contributed by atoms with Gasteiger partial charge in [-0.15, -0.1) is 0 Å². The summed E-state index contributed by atoms with van der Waals surface area (Å²) >= 11 is 0. The van der Waals surface area contributed by atoms with Crippen LogP contribution in [0.4, 0.5) is 0 Å². The van der Waals surface area contributed by atoms with E-state index in [0.717, 1.165) is 16.7 Å². The molecule has 20 heavy (non-hydrogen) atoms. The van der Waals surface area contributed by atoms with Crippen LogP contribution in [0.2, 0.25) is 0 Å². The number of hydrogen-bond acceptors (Lipinski definition) is 2. The van der Waals surface area contributed by atoms with Gasteiger partial charge >= 0.3 is 0 Å². The molecule has 0 aromatic heterocycles. The topological polar surface area (TPSA) is 55.1 Å². The second-order valence-electron chi connectivity index (χ2n) is 4.85. The van der Waals surface area contributed by atoms with Crippen LogP contribution in [-0.4, -0.2) is 5.91 Å². The van der Waals surface area contributed by atoms with Gasteiger partial charge in [-0.25, -0.2) is 0 Å². The van der Waals surface area contributed by atoms with Gasteiger partial charge in [0.15, 0.2) is 0 Å². The van der Waals surface area contributed by atoms with E-state index in [1.54, 1.807) is 0 Å². The van der Waals surface area contributed by atoms with E-state index in [1.807, 2.05) is 61.5 Å². The predicted octanol–water partition coefficient (Wildman–Crippen LogP) is 2.57. The highest BCUT2D eigenvalue weighted by Gasteiger charge is 2.11. The van der Waals surface area contributed by atoms with Crippen LogP contribution in [0, 0.1) is 0 Å². The lowest BCUT2D eigenvalue weighted by Crippen LogP contribution is -2.28. The van der Waals surface area contributed by atoms with Crippen molar-refractivity contribution in [3.63, 3.8) is 0 Å². The Kier molecular flexibility index (Phi) is 4.91. The Balaban J connectivity index is 1.99. The highest BCUT2D eigenvalue weighted by Crippen LogP contribution is 2.13. The minimum Gasteiger partial charge on any atom is -0.349 e. The van der Waals surface area contributed by atoms with Crippen LogP contribution in [0.15, 0.2) is 54.6 Å². The molecule has 2 aromatic rings. The van der Waals surface area contributed by atoms with Gasteiger partial charge in [-0.3, -0.25) is 4.79 Å². The average Bonchev–Trinajstić information content (AvgIpc) is 2.48. The number of benzene rings is 2. The second kappa shape index (κ2) is 6.87. The first kappa shape index (κ1) is 14.3. The Hall–Kier alpha value is -2.13. The fourth-order valence-electron chi connectivity index (χ4n) is 2.22. The quantitative estimate of drug-likeness (QED) is 0.875. The molecule has 0 aliphatic carbocycles. The SMILES string of the molecule is C[C@@H](NC(=O)Cc1ccccc1CN)c1ccccc1. The Morgan fingerprint density at radius 3 is 2.30 bits per heavy atom. The van der Waals surface area contributed by atoms with E-state index in [4.69, 9.17) is 5.73 Å². The number of nitrogens with one attached hydrogen (secondary N) is 1. The summed E-state index contributed by atoms with van der Waals surface area (Å²) in [7, 11) is 0. The molecule has 3 heteroatoms. The Bertz CT molecular complexity index is 566. The minimum atomic E-state index is 0.00809. The third kappa shape index (κ3) is 3.68. The van der Waals surface area contributed by atoms with E-state index >= 15 is 0 Å². The number of carbonyl (C=O) groups excluding carboxylic acids is 1. The number of hydrogen-bond donors (Lipinski definition) is 2. The fraction of sp³-hybridized carbons (Fsp3) is 0.235. The molecule has 3 nitrogen and oxygen atoms in total. The molecule has 0 saturated heterocycles. The summed E-state index contributed by atoms with van der Waals surface area (Å²) in [6, 6.07) is 17.7. The smallest absolute Gasteiger partial charge is 0.224 e. The first-order chi connectivity index (χ1) is 9.70. The molecular weight excluding hydrogens is 248 g/mol. The molecule has 3 N–H and O–H groups in total. The Morgan fingerprint density at radius 2 is 1.65 bits per heavy atom. The van der Waals surface area contributed by atoms with Gasteiger partial charge in [-0.2, -0.15) is 0 Å². The third-order valence-electron chi connectivity index (χ3n) is 3.37. The summed E-state index contributed by atoms with van der Waals surface area (Å²) < 4.78 is 0. The number of rotatable bonds is 5. The maximum atomic E-state index is 12.1. The van der Waals surface area contributed by atoms with Crippen molar-refractivity contribution in [1.82, 2.24) is 5.32 Å². The van der Waals surface area contributed by atoms with Crippen molar-refractivity contribution in [1.29, 1.82) is 0 Å². The van der Waals surface area contributed by atoms with E-state index < -0.39 is 0 Å². The maximum absolute atomic E-state index is 12.1. The molecule has 1 atom stereocenters. The van der Waals surface area contributed by atoms with Crippen LogP contribution in [0.3, 0.4) is 0 Å².